The van der Waals surface area contributed by atoms with Gasteiger partial charge in [0, 0.05) is 12.8 Å². The minimum absolute atomic E-state index is 0.151. The Kier molecular flexibility index (Phi) is 4.77. The fraction of sp³-hybridized carbons (Fsp3) is 0.350. The van der Waals surface area contributed by atoms with Crippen LogP contribution in [0.25, 0.3) is 0 Å². The number of hydrogen-bond donors (Lipinski definition) is 1. The van der Waals surface area contributed by atoms with E-state index in [4.69, 9.17) is 4.74 Å². The second-order valence-electron chi connectivity index (χ2n) is 6.16. The second kappa shape index (κ2) is 6.97. The van der Waals surface area contributed by atoms with Gasteiger partial charge in [0.1, 0.15) is 5.60 Å². The molecule has 3 nitrogen and oxygen atoms in total. The van der Waals surface area contributed by atoms with E-state index in [-0.39, 0.29) is 11.9 Å². The van der Waals surface area contributed by atoms with Crippen LogP contribution in [0.5, 0.6) is 0 Å². The summed E-state index contributed by atoms with van der Waals surface area (Å²) in [7, 11) is 0. The molecule has 1 aliphatic heterocycles. The highest BCUT2D eigenvalue weighted by molar-refractivity contribution is 5.78. The molecule has 1 unspecified atom stereocenters. The molecule has 0 radical (unpaired) electrons. The largest absolute Gasteiger partial charge is 0.454 e. The van der Waals surface area contributed by atoms with Crippen molar-refractivity contribution < 1.29 is 9.53 Å². The lowest BCUT2D eigenvalue weighted by Gasteiger charge is -2.38. The highest BCUT2D eigenvalue weighted by Crippen LogP contribution is 2.36. The van der Waals surface area contributed by atoms with Crippen LogP contribution in [0.15, 0.2) is 60.7 Å². The van der Waals surface area contributed by atoms with Gasteiger partial charge in [-0.05, 0) is 31.1 Å². The number of carbonyl (C=O) groups is 1. The third-order valence-corrected chi connectivity index (χ3v) is 4.66. The number of hydrogen-bond acceptors (Lipinski definition) is 3. The molecule has 0 bridgehead atoms. The maximum Gasteiger partial charge on any atom is 0.314 e. The van der Waals surface area contributed by atoms with E-state index in [1.165, 1.54) is 0 Å². The molecule has 1 N–H and O–H groups in total. The molecule has 2 aromatic carbocycles. The molecule has 0 aromatic heterocycles. The van der Waals surface area contributed by atoms with Crippen molar-refractivity contribution >= 4 is 5.97 Å². The Bertz CT molecular complexity index is 633. The van der Waals surface area contributed by atoms with Gasteiger partial charge in [-0.15, -0.1) is 0 Å². The molecule has 1 aliphatic rings. The lowest BCUT2D eigenvalue weighted by molar-refractivity contribution is -0.165. The molecule has 1 fully saturated rings. The van der Waals surface area contributed by atoms with Crippen molar-refractivity contribution in [1.82, 2.24) is 5.32 Å². The molecule has 1 atom stereocenters. The molecule has 0 saturated carbocycles. The summed E-state index contributed by atoms with van der Waals surface area (Å²) in [5, 5.41) is 3.35. The van der Waals surface area contributed by atoms with Crippen molar-refractivity contribution in [2.24, 2.45) is 0 Å². The van der Waals surface area contributed by atoms with E-state index in [2.05, 4.69) is 17.4 Å². The van der Waals surface area contributed by atoms with E-state index in [1.807, 2.05) is 55.5 Å². The Hall–Kier alpha value is -2.13. The second-order valence-corrected chi connectivity index (χ2v) is 6.16. The van der Waals surface area contributed by atoms with E-state index >= 15 is 0 Å². The summed E-state index contributed by atoms with van der Waals surface area (Å²) in [6.07, 6.45) is 1.62. The van der Waals surface area contributed by atoms with Crippen LogP contribution in [-0.2, 0) is 15.1 Å². The van der Waals surface area contributed by atoms with Crippen LogP contribution in [0.2, 0.25) is 0 Å². The minimum Gasteiger partial charge on any atom is -0.454 e. The highest BCUT2D eigenvalue weighted by atomic mass is 16.6. The molecule has 23 heavy (non-hydrogen) atoms. The first-order valence-electron chi connectivity index (χ1n) is 8.25. The van der Waals surface area contributed by atoms with Gasteiger partial charge in [-0.3, -0.25) is 4.79 Å². The zero-order valence-corrected chi connectivity index (χ0v) is 13.5. The summed E-state index contributed by atoms with van der Waals surface area (Å²) in [4.78, 5) is 12.7. The summed E-state index contributed by atoms with van der Waals surface area (Å²) in [5.41, 5.74) is 1.58. The van der Waals surface area contributed by atoms with Crippen LogP contribution in [0, 0.1) is 0 Å². The van der Waals surface area contributed by atoms with Gasteiger partial charge >= 0.3 is 5.97 Å². The third kappa shape index (κ3) is 3.45. The molecule has 1 saturated heterocycles. The molecule has 1 heterocycles. The van der Waals surface area contributed by atoms with Gasteiger partial charge in [-0.2, -0.15) is 0 Å². The lowest BCUT2D eigenvalue weighted by Crippen LogP contribution is -2.43. The fourth-order valence-electron chi connectivity index (χ4n) is 3.18. The summed E-state index contributed by atoms with van der Waals surface area (Å²) >= 11 is 0. The molecule has 0 spiro atoms. The first-order valence-corrected chi connectivity index (χ1v) is 8.25. The van der Waals surface area contributed by atoms with Crippen molar-refractivity contribution in [2.75, 3.05) is 13.1 Å². The Morgan fingerprint density at radius 3 is 2.17 bits per heavy atom. The first kappa shape index (κ1) is 15.8. The predicted molar refractivity (Wildman–Crippen MR) is 91.2 cm³/mol. The van der Waals surface area contributed by atoms with Crippen molar-refractivity contribution in [3.8, 4) is 0 Å². The summed E-state index contributed by atoms with van der Waals surface area (Å²) in [6.45, 7) is 3.64. The van der Waals surface area contributed by atoms with Crippen LogP contribution < -0.4 is 5.32 Å². The molecule has 120 valence electrons. The zero-order chi connectivity index (χ0) is 16.1. The van der Waals surface area contributed by atoms with E-state index in [0.29, 0.717) is 0 Å². The SMILES string of the molecule is CC(C(=O)OC1(c2ccccc2)CCNCC1)c1ccccc1. The Balaban J connectivity index is 1.83. The van der Waals surface area contributed by atoms with E-state index in [1.54, 1.807) is 0 Å². The molecule has 3 heteroatoms. The molecule has 2 aromatic rings. The van der Waals surface area contributed by atoms with Gasteiger partial charge in [-0.1, -0.05) is 60.7 Å². The monoisotopic (exact) mass is 309 g/mol. The van der Waals surface area contributed by atoms with Crippen molar-refractivity contribution in [3.63, 3.8) is 0 Å². The zero-order valence-electron chi connectivity index (χ0n) is 13.5. The van der Waals surface area contributed by atoms with Crippen LogP contribution in [-0.4, -0.2) is 19.1 Å². The normalized spacial score (nSPS) is 18.1. The van der Waals surface area contributed by atoms with E-state index in [0.717, 1.165) is 37.1 Å². The van der Waals surface area contributed by atoms with Gasteiger partial charge in [0.05, 0.1) is 5.92 Å². The third-order valence-electron chi connectivity index (χ3n) is 4.66. The van der Waals surface area contributed by atoms with Crippen LogP contribution in [0.3, 0.4) is 0 Å². The Labute approximate surface area is 137 Å². The van der Waals surface area contributed by atoms with E-state index < -0.39 is 5.60 Å². The lowest BCUT2D eigenvalue weighted by atomic mass is 9.84. The minimum atomic E-state index is -0.507. The van der Waals surface area contributed by atoms with Crippen LogP contribution in [0.1, 0.15) is 36.8 Å². The standard InChI is InChI=1S/C20H23NO2/c1-16(17-8-4-2-5-9-17)19(22)23-20(12-14-21-15-13-20)18-10-6-3-7-11-18/h2-11,16,21H,12-15H2,1H3. The molecule has 0 aliphatic carbocycles. The average molecular weight is 309 g/mol. The van der Waals surface area contributed by atoms with Crippen LogP contribution >= 0.6 is 0 Å². The molecule has 3 rings (SSSR count). The quantitative estimate of drug-likeness (QED) is 0.877. The van der Waals surface area contributed by atoms with Gasteiger partial charge in [0.2, 0.25) is 0 Å². The first-order chi connectivity index (χ1) is 11.2. The number of ether oxygens (including phenoxy) is 1. The van der Waals surface area contributed by atoms with Crippen molar-refractivity contribution in [3.05, 3.63) is 71.8 Å². The number of piperidine rings is 1. The smallest absolute Gasteiger partial charge is 0.314 e. The summed E-state index contributed by atoms with van der Waals surface area (Å²) in [5.74, 6) is -0.409. The highest BCUT2D eigenvalue weighted by Gasteiger charge is 2.38. The number of benzene rings is 2. The van der Waals surface area contributed by atoms with Crippen LogP contribution in [0.4, 0.5) is 0 Å². The summed E-state index contributed by atoms with van der Waals surface area (Å²) in [6, 6.07) is 19.9. The maximum atomic E-state index is 12.7. The number of esters is 1. The maximum absolute atomic E-state index is 12.7. The molecular weight excluding hydrogens is 286 g/mol. The van der Waals surface area contributed by atoms with E-state index in [9.17, 15) is 4.79 Å². The van der Waals surface area contributed by atoms with Crippen molar-refractivity contribution in [2.45, 2.75) is 31.3 Å². The van der Waals surface area contributed by atoms with Gasteiger partial charge in [-0.25, -0.2) is 0 Å². The topological polar surface area (TPSA) is 38.3 Å². The van der Waals surface area contributed by atoms with Crippen molar-refractivity contribution in [1.29, 1.82) is 0 Å². The van der Waals surface area contributed by atoms with Gasteiger partial charge < -0.3 is 10.1 Å². The average Bonchev–Trinajstić information content (AvgIpc) is 2.63. The van der Waals surface area contributed by atoms with Gasteiger partial charge in [0.15, 0.2) is 0 Å². The molecular formula is C20H23NO2. The number of carbonyl (C=O) groups excluding carboxylic acids is 1. The Morgan fingerprint density at radius 1 is 1.00 bits per heavy atom. The molecule has 0 amide bonds. The fourth-order valence-corrected chi connectivity index (χ4v) is 3.18. The number of rotatable bonds is 4. The summed E-state index contributed by atoms with van der Waals surface area (Å²) < 4.78 is 6.10. The predicted octanol–water partition coefficient (Wildman–Crippen LogP) is 3.61. The van der Waals surface area contributed by atoms with Gasteiger partial charge in [0.25, 0.3) is 0 Å². The Morgan fingerprint density at radius 2 is 1.57 bits per heavy atom. The number of nitrogens with one attached hydrogen (secondary N) is 1.